The molecule has 0 bridgehead atoms. The molecule has 0 amide bonds. The van der Waals surface area contributed by atoms with Crippen LogP contribution in [0.25, 0.3) is 0 Å². The van der Waals surface area contributed by atoms with E-state index in [0.717, 1.165) is 0 Å². The zero-order valence-corrected chi connectivity index (χ0v) is 35.0. The average molecular weight is 745 g/mol. The Labute approximate surface area is 313 Å². The van der Waals surface area contributed by atoms with Crippen molar-refractivity contribution >= 4 is 29.8 Å². The molecule has 1 unspecified atom stereocenters. The van der Waals surface area contributed by atoms with Gasteiger partial charge in [0.1, 0.15) is 27.9 Å². The van der Waals surface area contributed by atoms with Crippen LogP contribution >= 0.6 is 0 Å². The third-order valence-electron chi connectivity index (χ3n) is 7.59. The lowest BCUT2D eigenvalue weighted by molar-refractivity contribution is -0.166. The first-order valence-electron chi connectivity index (χ1n) is 18.3. The molecule has 0 aliphatic heterocycles. The maximum absolute atomic E-state index is 13.5. The van der Waals surface area contributed by atoms with Gasteiger partial charge in [-0.25, -0.2) is 0 Å². The first kappa shape index (κ1) is 49.2. The molecule has 0 rings (SSSR count). The third kappa shape index (κ3) is 20.4. The van der Waals surface area contributed by atoms with E-state index in [4.69, 9.17) is 24.7 Å². The van der Waals surface area contributed by atoms with Gasteiger partial charge < -0.3 is 29.8 Å². The molecular formula is C38H72N4O10. The highest BCUT2D eigenvalue weighted by Crippen LogP contribution is 2.40. The minimum Gasteiger partial charge on any atom is -0.480 e. The summed E-state index contributed by atoms with van der Waals surface area (Å²) in [5, 5.41) is 11.1. The number of esters is 4. The Hall–Kier alpha value is -2.81. The molecular weight excluding hydrogens is 672 g/mol. The second kappa shape index (κ2) is 20.0. The maximum Gasteiger partial charge on any atom is 0.324 e. The highest BCUT2D eigenvalue weighted by molar-refractivity contribution is 5.80. The number of rotatable bonds is 20. The fraction of sp³-hybridized carbons (Fsp3) is 0.868. The summed E-state index contributed by atoms with van der Waals surface area (Å²) in [4.78, 5) is 70.6. The number of hydrogen-bond donors (Lipinski definition) is 2. The SMILES string of the molecule is CC(C)(C)OC(=O)CN(CCN(CCN(CC(=O)OC(C)(C)C)CC(=O)OC(C)(C)C)C(CCCCN)(C(=O)O)C(C)(C)C)CC(=O)OC(C)(C)C. The van der Waals surface area contributed by atoms with E-state index in [0.29, 0.717) is 19.4 Å². The number of carboxylic acids is 1. The van der Waals surface area contributed by atoms with Gasteiger partial charge in [-0.1, -0.05) is 20.8 Å². The molecule has 304 valence electrons. The number of unbranched alkanes of at least 4 members (excludes halogenated alkanes) is 1. The molecule has 52 heavy (non-hydrogen) atoms. The zero-order chi connectivity index (χ0) is 40.9. The van der Waals surface area contributed by atoms with Crippen molar-refractivity contribution in [2.75, 3.05) is 58.9 Å². The minimum absolute atomic E-state index is 0.0958. The molecule has 0 heterocycles. The van der Waals surface area contributed by atoms with Crippen LogP contribution in [0.4, 0.5) is 0 Å². The molecule has 14 heteroatoms. The first-order valence-corrected chi connectivity index (χ1v) is 18.3. The second-order valence-corrected chi connectivity index (χ2v) is 18.4. The maximum atomic E-state index is 13.5. The van der Waals surface area contributed by atoms with Gasteiger partial charge in [0.25, 0.3) is 0 Å². The summed E-state index contributed by atoms with van der Waals surface area (Å²) in [7, 11) is 0. The Morgan fingerprint density at radius 2 is 0.788 bits per heavy atom. The van der Waals surface area contributed by atoms with Crippen LogP contribution in [-0.4, -0.2) is 136 Å². The van der Waals surface area contributed by atoms with Crippen LogP contribution < -0.4 is 5.73 Å². The van der Waals surface area contributed by atoms with E-state index in [2.05, 4.69) is 0 Å². The van der Waals surface area contributed by atoms with Gasteiger partial charge in [-0.2, -0.15) is 0 Å². The van der Waals surface area contributed by atoms with Crippen LogP contribution in [0.2, 0.25) is 0 Å². The lowest BCUT2D eigenvalue weighted by Crippen LogP contribution is -2.65. The van der Waals surface area contributed by atoms with Crippen molar-refractivity contribution in [2.24, 2.45) is 11.1 Å². The number of nitrogens with two attached hydrogens (primary N) is 1. The van der Waals surface area contributed by atoms with Crippen LogP contribution in [0.15, 0.2) is 0 Å². The molecule has 0 fully saturated rings. The zero-order valence-electron chi connectivity index (χ0n) is 35.0. The summed E-state index contributed by atoms with van der Waals surface area (Å²) in [6.45, 7) is 26.4. The molecule has 0 spiro atoms. The Morgan fingerprint density at radius 3 is 1.00 bits per heavy atom. The topological polar surface area (TPSA) is 178 Å². The van der Waals surface area contributed by atoms with Gasteiger partial charge in [0.15, 0.2) is 0 Å². The van der Waals surface area contributed by atoms with Gasteiger partial charge in [-0.05, 0) is 114 Å². The predicted octanol–water partition coefficient (Wildman–Crippen LogP) is 4.26. The minimum atomic E-state index is -1.45. The summed E-state index contributed by atoms with van der Waals surface area (Å²) >= 11 is 0. The summed E-state index contributed by atoms with van der Waals surface area (Å²) < 4.78 is 22.2. The Morgan fingerprint density at radius 1 is 0.500 bits per heavy atom. The fourth-order valence-corrected chi connectivity index (χ4v) is 5.77. The van der Waals surface area contributed by atoms with Gasteiger partial charge in [-0.15, -0.1) is 0 Å². The number of carboxylic acid groups (broad SMARTS) is 1. The van der Waals surface area contributed by atoms with Crippen LogP contribution in [0.5, 0.6) is 0 Å². The van der Waals surface area contributed by atoms with Gasteiger partial charge in [0.05, 0.1) is 26.2 Å². The van der Waals surface area contributed by atoms with E-state index in [9.17, 15) is 29.1 Å². The average Bonchev–Trinajstić information content (AvgIpc) is 2.86. The number of aliphatic carboxylic acids is 1. The summed E-state index contributed by atoms with van der Waals surface area (Å²) in [6, 6.07) is 0. The number of hydrogen-bond acceptors (Lipinski definition) is 13. The lowest BCUT2D eigenvalue weighted by atomic mass is 9.69. The van der Waals surface area contributed by atoms with E-state index in [1.54, 1.807) is 92.9 Å². The number of carbonyl (C=O) groups is 5. The Balaban J connectivity index is 6.95. The normalized spacial score (nSPS) is 14.3. The van der Waals surface area contributed by atoms with Crippen molar-refractivity contribution in [3.8, 4) is 0 Å². The van der Waals surface area contributed by atoms with E-state index in [-0.39, 0.29) is 58.8 Å². The predicted molar refractivity (Wildman–Crippen MR) is 201 cm³/mol. The van der Waals surface area contributed by atoms with Crippen molar-refractivity contribution in [3.63, 3.8) is 0 Å². The molecule has 14 nitrogen and oxygen atoms in total. The molecule has 0 aliphatic carbocycles. The van der Waals surface area contributed by atoms with E-state index in [1.807, 2.05) is 25.7 Å². The molecule has 0 radical (unpaired) electrons. The van der Waals surface area contributed by atoms with E-state index >= 15 is 0 Å². The standard InChI is InChI=1S/C38H72N4O10/c1-33(2,3)38(32(47)48,18-16-17-19-39)42(22-20-40(24-28(43)49-34(4,5)6)25-29(44)50-35(7,8)9)23-21-41(26-30(45)51-36(10,11)12)27-31(46)52-37(13,14)15/h16-27,39H2,1-15H3,(H,47,48). The molecule has 0 aromatic rings. The van der Waals surface area contributed by atoms with Gasteiger partial charge in [-0.3, -0.25) is 38.7 Å². The Kier molecular flexibility index (Phi) is 19.0. The van der Waals surface area contributed by atoms with Crippen molar-refractivity contribution in [1.82, 2.24) is 14.7 Å². The van der Waals surface area contributed by atoms with E-state index < -0.39 is 63.2 Å². The molecule has 0 aliphatic rings. The van der Waals surface area contributed by atoms with Gasteiger partial charge in [0.2, 0.25) is 0 Å². The quantitative estimate of drug-likeness (QED) is 0.103. The van der Waals surface area contributed by atoms with Crippen molar-refractivity contribution < 1.29 is 48.0 Å². The van der Waals surface area contributed by atoms with Crippen LogP contribution in [-0.2, 0) is 42.9 Å². The van der Waals surface area contributed by atoms with Crippen molar-refractivity contribution in [2.45, 2.75) is 151 Å². The second-order valence-electron chi connectivity index (χ2n) is 18.4. The summed E-state index contributed by atoms with van der Waals surface area (Å²) in [5.74, 6) is -3.24. The number of carbonyl (C=O) groups excluding carboxylic acids is 4. The molecule has 1 atom stereocenters. The summed E-state index contributed by atoms with van der Waals surface area (Å²) in [5.41, 5.74) is 0.499. The highest BCUT2D eigenvalue weighted by Gasteiger charge is 2.52. The fourth-order valence-electron chi connectivity index (χ4n) is 5.77. The lowest BCUT2D eigenvalue weighted by Gasteiger charge is -2.50. The largest absolute Gasteiger partial charge is 0.480 e. The Bertz CT molecular complexity index is 1040. The van der Waals surface area contributed by atoms with Gasteiger partial charge in [0, 0.05) is 26.2 Å². The monoisotopic (exact) mass is 745 g/mol. The van der Waals surface area contributed by atoms with E-state index in [1.165, 1.54) is 0 Å². The highest BCUT2D eigenvalue weighted by atomic mass is 16.6. The van der Waals surface area contributed by atoms with Crippen LogP contribution in [0.3, 0.4) is 0 Å². The third-order valence-corrected chi connectivity index (χ3v) is 7.59. The molecule has 0 aromatic heterocycles. The van der Waals surface area contributed by atoms with Crippen LogP contribution in [0.1, 0.15) is 123 Å². The first-order chi connectivity index (χ1) is 23.3. The van der Waals surface area contributed by atoms with Crippen LogP contribution in [0, 0.1) is 5.41 Å². The number of ether oxygens (including phenoxy) is 4. The van der Waals surface area contributed by atoms with Crippen molar-refractivity contribution in [3.05, 3.63) is 0 Å². The summed E-state index contributed by atoms with van der Waals surface area (Å²) in [6.07, 6.45) is 1.38. The molecule has 0 saturated carbocycles. The molecule has 0 saturated heterocycles. The molecule has 0 aromatic carbocycles. The smallest absolute Gasteiger partial charge is 0.324 e. The molecule has 3 N–H and O–H groups in total. The van der Waals surface area contributed by atoms with Crippen molar-refractivity contribution in [1.29, 1.82) is 0 Å². The van der Waals surface area contributed by atoms with Gasteiger partial charge >= 0.3 is 29.8 Å². The number of nitrogens with zero attached hydrogens (tertiary/aromatic N) is 3.